The van der Waals surface area contributed by atoms with Crippen LogP contribution in [-0.4, -0.2) is 44.8 Å². The van der Waals surface area contributed by atoms with Crippen LogP contribution in [0.4, 0.5) is 0 Å². The fourth-order valence-corrected chi connectivity index (χ4v) is 2.99. The van der Waals surface area contributed by atoms with Gasteiger partial charge in [0.1, 0.15) is 0 Å². The molecule has 1 aliphatic rings. The third kappa shape index (κ3) is 4.09. The lowest BCUT2D eigenvalue weighted by Crippen LogP contribution is -2.38. The maximum Gasteiger partial charge on any atom is 0.213 e. The van der Waals surface area contributed by atoms with Gasteiger partial charge in [0.05, 0.1) is 11.9 Å². The Morgan fingerprint density at radius 3 is 2.67 bits per heavy atom. The molecule has 0 bridgehead atoms. The van der Waals surface area contributed by atoms with Gasteiger partial charge in [-0.15, -0.1) is 0 Å². The Morgan fingerprint density at radius 1 is 1.40 bits per heavy atom. The van der Waals surface area contributed by atoms with Crippen molar-refractivity contribution in [3.05, 3.63) is 0 Å². The molecule has 15 heavy (non-hydrogen) atoms. The molecule has 5 heteroatoms. The monoisotopic (exact) mass is 235 g/mol. The van der Waals surface area contributed by atoms with E-state index in [9.17, 15) is 8.42 Å². The topological polar surface area (TPSA) is 46.6 Å². The quantitative estimate of drug-likeness (QED) is 0.720. The Balaban J connectivity index is 2.43. The summed E-state index contributed by atoms with van der Waals surface area (Å²) in [5.41, 5.74) is 0. The fraction of sp³-hybridized carbons (Fsp3) is 1.00. The van der Waals surface area contributed by atoms with Gasteiger partial charge in [-0.3, -0.25) is 0 Å². The number of likely N-dealkylation sites (N-methyl/N-ethyl adjacent to an activating group) is 1. The van der Waals surface area contributed by atoms with Crippen molar-refractivity contribution in [2.75, 3.05) is 26.0 Å². The summed E-state index contributed by atoms with van der Waals surface area (Å²) in [6, 6.07) is 0. The van der Waals surface area contributed by atoms with Crippen LogP contribution in [0.15, 0.2) is 0 Å². The summed E-state index contributed by atoms with van der Waals surface area (Å²) in [6.07, 6.45) is 3.98. The van der Waals surface area contributed by atoms with Gasteiger partial charge in [-0.1, -0.05) is 6.92 Å². The molecule has 1 heterocycles. The smallest absolute Gasteiger partial charge is 0.213 e. The van der Waals surface area contributed by atoms with Crippen molar-refractivity contribution in [3.8, 4) is 0 Å². The van der Waals surface area contributed by atoms with E-state index in [-0.39, 0.29) is 11.9 Å². The molecule has 1 rings (SSSR count). The molecular weight excluding hydrogens is 214 g/mol. The van der Waals surface area contributed by atoms with Crippen LogP contribution in [0.1, 0.15) is 32.6 Å². The van der Waals surface area contributed by atoms with Gasteiger partial charge in [-0.2, -0.15) is 0 Å². The van der Waals surface area contributed by atoms with Crippen LogP contribution in [0.3, 0.4) is 0 Å². The molecule has 1 unspecified atom stereocenters. The minimum atomic E-state index is -3.06. The van der Waals surface area contributed by atoms with Gasteiger partial charge < -0.3 is 4.74 Å². The molecule has 0 amide bonds. The van der Waals surface area contributed by atoms with E-state index in [0.717, 1.165) is 25.9 Å². The first-order valence-electron chi connectivity index (χ1n) is 5.62. The van der Waals surface area contributed by atoms with Gasteiger partial charge in [0.2, 0.25) is 10.0 Å². The highest BCUT2D eigenvalue weighted by Crippen LogP contribution is 2.14. The van der Waals surface area contributed by atoms with Gasteiger partial charge in [-0.05, 0) is 25.7 Å². The van der Waals surface area contributed by atoms with Crippen LogP contribution in [-0.2, 0) is 14.8 Å². The van der Waals surface area contributed by atoms with Gasteiger partial charge in [0.25, 0.3) is 0 Å². The van der Waals surface area contributed by atoms with E-state index in [1.165, 1.54) is 4.31 Å². The predicted octanol–water partition coefficient (Wildman–Crippen LogP) is 1.23. The molecule has 0 radical (unpaired) electrons. The molecule has 1 atom stereocenters. The third-order valence-electron chi connectivity index (χ3n) is 2.67. The maximum absolute atomic E-state index is 11.7. The van der Waals surface area contributed by atoms with Crippen LogP contribution in [0.25, 0.3) is 0 Å². The molecule has 1 saturated heterocycles. The Hall–Kier alpha value is -0.130. The second kappa shape index (κ2) is 5.82. The van der Waals surface area contributed by atoms with Crippen LogP contribution >= 0.6 is 0 Å². The lowest BCUT2D eigenvalue weighted by Gasteiger charge is -2.26. The molecule has 1 fully saturated rings. The molecule has 1 aliphatic heterocycles. The Morgan fingerprint density at radius 2 is 2.13 bits per heavy atom. The zero-order valence-electron chi connectivity index (χ0n) is 9.61. The van der Waals surface area contributed by atoms with Gasteiger partial charge in [0.15, 0.2) is 0 Å². The summed E-state index contributed by atoms with van der Waals surface area (Å²) in [5, 5.41) is 0. The molecule has 0 aromatic heterocycles. The lowest BCUT2D eigenvalue weighted by atomic mass is 10.1. The summed E-state index contributed by atoms with van der Waals surface area (Å²) in [7, 11) is -1.41. The Bertz CT molecular complexity index is 270. The van der Waals surface area contributed by atoms with Gasteiger partial charge in [0, 0.05) is 20.2 Å². The van der Waals surface area contributed by atoms with Crippen molar-refractivity contribution >= 4 is 10.0 Å². The average molecular weight is 235 g/mol. The molecule has 0 aromatic carbocycles. The molecule has 0 spiro atoms. The molecule has 0 aromatic rings. The fourth-order valence-electron chi connectivity index (χ4n) is 1.77. The zero-order chi connectivity index (χ0) is 11.3. The van der Waals surface area contributed by atoms with E-state index in [4.69, 9.17) is 4.74 Å². The SMILES string of the molecule is CCCS(=O)(=O)N(C)CC1CCCCO1. The zero-order valence-corrected chi connectivity index (χ0v) is 10.4. The first-order chi connectivity index (χ1) is 7.06. The normalized spacial score (nSPS) is 23.3. The van der Waals surface area contributed by atoms with E-state index in [2.05, 4.69) is 0 Å². The number of hydrogen-bond acceptors (Lipinski definition) is 3. The summed E-state index contributed by atoms with van der Waals surface area (Å²) in [5.74, 6) is 0.232. The van der Waals surface area contributed by atoms with Crippen molar-refractivity contribution < 1.29 is 13.2 Å². The Kier molecular flexibility index (Phi) is 5.02. The van der Waals surface area contributed by atoms with Crippen LogP contribution in [0.2, 0.25) is 0 Å². The van der Waals surface area contributed by atoms with Crippen molar-refractivity contribution in [2.45, 2.75) is 38.7 Å². The van der Waals surface area contributed by atoms with Crippen LogP contribution in [0.5, 0.6) is 0 Å². The first-order valence-corrected chi connectivity index (χ1v) is 7.23. The van der Waals surface area contributed by atoms with E-state index >= 15 is 0 Å². The van der Waals surface area contributed by atoms with Crippen molar-refractivity contribution in [1.29, 1.82) is 0 Å². The minimum absolute atomic E-state index is 0.0929. The summed E-state index contributed by atoms with van der Waals surface area (Å²) >= 11 is 0. The van der Waals surface area contributed by atoms with E-state index < -0.39 is 10.0 Å². The average Bonchev–Trinajstić information content (AvgIpc) is 2.19. The van der Waals surface area contributed by atoms with E-state index in [1.54, 1.807) is 7.05 Å². The Labute approximate surface area is 92.7 Å². The third-order valence-corrected chi connectivity index (χ3v) is 4.69. The molecule has 90 valence electrons. The molecule has 4 nitrogen and oxygen atoms in total. The predicted molar refractivity (Wildman–Crippen MR) is 60.3 cm³/mol. The summed E-state index contributed by atoms with van der Waals surface area (Å²) < 4.78 is 30.3. The van der Waals surface area contributed by atoms with Crippen LogP contribution < -0.4 is 0 Å². The molecule has 0 saturated carbocycles. The van der Waals surface area contributed by atoms with Crippen molar-refractivity contribution in [2.24, 2.45) is 0 Å². The number of sulfonamides is 1. The second-order valence-electron chi connectivity index (χ2n) is 4.09. The number of hydrogen-bond donors (Lipinski definition) is 0. The number of ether oxygens (including phenoxy) is 1. The second-order valence-corrected chi connectivity index (χ2v) is 6.28. The van der Waals surface area contributed by atoms with E-state index in [0.29, 0.717) is 13.0 Å². The summed E-state index contributed by atoms with van der Waals surface area (Å²) in [4.78, 5) is 0. The highest BCUT2D eigenvalue weighted by atomic mass is 32.2. The van der Waals surface area contributed by atoms with E-state index in [1.807, 2.05) is 6.92 Å². The largest absolute Gasteiger partial charge is 0.377 e. The van der Waals surface area contributed by atoms with Crippen molar-refractivity contribution in [1.82, 2.24) is 4.31 Å². The summed E-state index contributed by atoms with van der Waals surface area (Å²) in [6.45, 7) is 3.15. The maximum atomic E-state index is 11.7. The van der Waals surface area contributed by atoms with Crippen LogP contribution in [0, 0.1) is 0 Å². The number of nitrogens with zero attached hydrogens (tertiary/aromatic N) is 1. The van der Waals surface area contributed by atoms with Gasteiger partial charge in [-0.25, -0.2) is 12.7 Å². The molecular formula is C10H21NO3S. The highest BCUT2D eigenvalue weighted by Gasteiger charge is 2.22. The highest BCUT2D eigenvalue weighted by molar-refractivity contribution is 7.89. The van der Waals surface area contributed by atoms with Crippen molar-refractivity contribution in [3.63, 3.8) is 0 Å². The lowest BCUT2D eigenvalue weighted by molar-refractivity contribution is 0.00859. The standard InChI is InChI=1S/C10H21NO3S/c1-3-8-15(12,13)11(2)9-10-6-4-5-7-14-10/h10H,3-9H2,1-2H3. The minimum Gasteiger partial charge on any atom is -0.377 e. The molecule has 0 N–H and O–H groups in total. The first kappa shape index (κ1) is 12.9. The van der Waals surface area contributed by atoms with Gasteiger partial charge >= 0.3 is 0 Å². The number of rotatable bonds is 5. The molecule has 0 aliphatic carbocycles.